The molecule has 2 aromatic carbocycles. The average Bonchev–Trinajstić information content (AvgIpc) is 3.23. The van der Waals surface area contributed by atoms with E-state index in [1.165, 1.54) is 13.8 Å². The summed E-state index contributed by atoms with van der Waals surface area (Å²) >= 11 is 0. The minimum atomic E-state index is -0.0174. The normalized spacial score (nSPS) is 11.2. The van der Waals surface area contributed by atoms with Crippen LogP contribution in [0.15, 0.2) is 70.6 Å². The lowest BCUT2D eigenvalue weighted by atomic mass is 10.2. The maximum Gasteiger partial charge on any atom is 0.223 e. The fraction of sp³-hybridized carbons (Fsp3) is 0.167. The number of rotatable bonds is 6. The maximum absolute atomic E-state index is 11.4. The molecule has 2 amide bonds. The van der Waals surface area contributed by atoms with Crippen molar-refractivity contribution in [3.05, 3.63) is 72.1 Å². The van der Waals surface area contributed by atoms with Crippen LogP contribution in [0.3, 0.4) is 0 Å². The van der Waals surface area contributed by atoms with Crippen molar-refractivity contribution in [3.63, 3.8) is 0 Å². The number of anilines is 2. The largest absolute Gasteiger partial charge is 0.353 e. The summed E-state index contributed by atoms with van der Waals surface area (Å²) in [6, 6.07) is 18.8. The average molecular weight is 415 g/mol. The number of amides is 2. The van der Waals surface area contributed by atoms with E-state index in [9.17, 15) is 9.59 Å². The van der Waals surface area contributed by atoms with Crippen LogP contribution >= 0.6 is 0 Å². The molecule has 0 spiro atoms. The van der Waals surface area contributed by atoms with E-state index in [2.05, 4.69) is 15.0 Å². The second kappa shape index (κ2) is 9.67. The zero-order chi connectivity index (χ0) is 22.4. The Morgan fingerprint density at radius 1 is 0.677 bits per heavy atom. The van der Waals surface area contributed by atoms with Crippen LogP contribution in [-0.2, 0) is 9.59 Å². The summed E-state index contributed by atoms with van der Waals surface area (Å²) in [4.78, 5) is 38.2. The first kappa shape index (κ1) is 21.7. The van der Waals surface area contributed by atoms with E-state index in [0.29, 0.717) is 0 Å². The summed E-state index contributed by atoms with van der Waals surface area (Å²) in [6.07, 6.45) is 3.49. The highest BCUT2D eigenvalue weighted by molar-refractivity contribution is 5.92. The summed E-state index contributed by atoms with van der Waals surface area (Å²) < 4.78 is 0. The number of hydrogen-bond donors (Lipinski definition) is 1. The molecule has 0 aliphatic rings. The number of nitrogens with one attached hydrogen (secondary N) is 1. The Bertz CT molecular complexity index is 1020. The third-order valence-corrected chi connectivity index (χ3v) is 4.86. The minimum Gasteiger partial charge on any atom is -0.353 e. The van der Waals surface area contributed by atoms with Gasteiger partial charge in [0.2, 0.25) is 11.8 Å². The van der Waals surface area contributed by atoms with Gasteiger partial charge in [0.1, 0.15) is 0 Å². The van der Waals surface area contributed by atoms with Gasteiger partial charge in [0.05, 0.1) is 35.2 Å². The highest BCUT2D eigenvalue weighted by atomic mass is 16.2. The topological polar surface area (TPSA) is 81.1 Å². The van der Waals surface area contributed by atoms with E-state index < -0.39 is 0 Å². The summed E-state index contributed by atoms with van der Waals surface area (Å²) in [5.74, 6) is -0.0349. The fourth-order valence-corrected chi connectivity index (χ4v) is 2.76. The smallest absolute Gasteiger partial charge is 0.223 e. The SMILES string of the molecule is CC(=O)N(C)c1ccc(N=Cc2ccc(C=Nc3ccc(N(C)C(C)=O)cc3)[nH]2)cc1. The van der Waals surface area contributed by atoms with E-state index >= 15 is 0 Å². The van der Waals surface area contributed by atoms with Crippen LogP contribution < -0.4 is 9.80 Å². The highest BCUT2D eigenvalue weighted by Crippen LogP contribution is 2.20. The molecule has 0 saturated heterocycles. The maximum atomic E-state index is 11.4. The third kappa shape index (κ3) is 5.76. The molecule has 7 heteroatoms. The van der Waals surface area contributed by atoms with Gasteiger partial charge in [-0.25, -0.2) is 0 Å². The number of carbonyl (C=O) groups is 2. The number of benzene rings is 2. The Kier molecular flexibility index (Phi) is 6.77. The lowest BCUT2D eigenvalue weighted by Crippen LogP contribution is -2.22. The lowest BCUT2D eigenvalue weighted by Gasteiger charge is -2.14. The van der Waals surface area contributed by atoms with Crippen molar-refractivity contribution in [2.75, 3.05) is 23.9 Å². The van der Waals surface area contributed by atoms with Crippen LogP contribution in [0.4, 0.5) is 22.7 Å². The summed E-state index contributed by atoms with van der Waals surface area (Å²) in [5, 5.41) is 0. The molecule has 0 aliphatic heterocycles. The molecule has 0 saturated carbocycles. The van der Waals surface area contributed by atoms with Crippen LogP contribution in [0.1, 0.15) is 25.2 Å². The van der Waals surface area contributed by atoms with Gasteiger partial charge in [0.25, 0.3) is 0 Å². The number of aliphatic imine (C=N–C) groups is 2. The van der Waals surface area contributed by atoms with Crippen LogP contribution in [0.25, 0.3) is 0 Å². The predicted octanol–water partition coefficient (Wildman–Crippen LogP) is 4.48. The zero-order valence-corrected chi connectivity index (χ0v) is 18.0. The molecule has 0 bridgehead atoms. The molecule has 1 heterocycles. The predicted molar refractivity (Wildman–Crippen MR) is 126 cm³/mol. The van der Waals surface area contributed by atoms with Gasteiger partial charge in [-0.15, -0.1) is 0 Å². The van der Waals surface area contributed by atoms with Crippen molar-refractivity contribution in [2.24, 2.45) is 9.98 Å². The molecule has 0 fully saturated rings. The summed E-state index contributed by atoms with van der Waals surface area (Å²) in [6.45, 7) is 3.06. The number of nitrogens with zero attached hydrogens (tertiary/aromatic N) is 4. The van der Waals surface area contributed by atoms with Gasteiger partial charge in [-0.3, -0.25) is 19.6 Å². The highest BCUT2D eigenvalue weighted by Gasteiger charge is 2.05. The Morgan fingerprint density at radius 2 is 1.03 bits per heavy atom. The van der Waals surface area contributed by atoms with Gasteiger partial charge in [0, 0.05) is 39.3 Å². The number of H-pyrrole nitrogens is 1. The molecule has 0 aliphatic carbocycles. The Morgan fingerprint density at radius 3 is 1.35 bits per heavy atom. The van der Waals surface area contributed by atoms with Gasteiger partial charge >= 0.3 is 0 Å². The molecule has 3 aromatic rings. The monoisotopic (exact) mass is 415 g/mol. The van der Waals surface area contributed by atoms with Crippen molar-refractivity contribution < 1.29 is 9.59 Å². The molecule has 3 rings (SSSR count). The summed E-state index contributed by atoms with van der Waals surface area (Å²) in [7, 11) is 3.48. The second-order valence-corrected chi connectivity index (χ2v) is 7.07. The quantitative estimate of drug-likeness (QED) is 0.602. The van der Waals surface area contributed by atoms with Crippen molar-refractivity contribution in [3.8, 4) is 0 Å². The van der Waals surface area contributed by atoms with E-state index in [4.69, 9.17) is 0 Å². The first-order valence-electron chi connectivity index (χ1n) is 9.79. The standard InChI is InChI=1S/C24H25N5O2/c1-17(30)28(3)23-11-7-19(8-12-23)25-15-21-5-6-22(27-21)16-26-20-9-13-24(14-10-20)29(4)18(2)31/h5-16,27H,1-4H3. The molecule has 1 aromatic heterocycles. The molecular formula is C24H25N5O2. The van der Waals surface area contributed by atoms with E-state index in [0.717, 1.165) is 34.1 Å². The van der Waals surface area contributed by atoms with Gasteiger partial charge in [0.15, 0.2) is 0 Å². The fourth-order valence-electron chi connectivity index (χ4n) is 2.76. The number of carbonyl (C=O) groups excluding carboxylic acids is 2. The zero-order valence-electron chi connectivity index (χ0n) is 18.0. The van der Waals surface area contributed by atoms with Gasteiger partial charge in [-0.05, 0) is 60.7 Å². The number of aromatic amines is 1. The second-order valence-electron chi connectivity index (χ2n) is 7.07. The molecule has 0 radical (unpaired) electrons. The molecule has 158 valence electrons. The number of aromatic nitrogens is 1. The Labute approximate surface area is 181 Å². The molecule has 7 nitrogen and oxygen atoms in total. The van der Waals surface area contributed by atoms with Crippen LogP contribution in [0.5, 0.6) is 0 Å². The third-order valence-electron chi connectivity index (χ3n) is 4.86. The lowest BCUT2D eigenvalue weighted by molar-refractivity contribution is -0.117. The van der Waals surface area contributed by atoms with Gasteiger partial charge in [-0.1, -0.05) is 0 Å². The van der Waals surface area contributed by atoms with E-state index in [1.54, 1.807) is 36.3 Å². The van der Waals surface area contributed by atoms with Crippen LogP contribution in [-0.4, -0.2) is 43.3 Å². The van der Waals surface area contributed by atoms with Crippen molar-refractivity contribution in [1.82, 2.24) is 4.98 Å². The van der Waals surface area contributed by atoms with E-state index in [-0.39, 0.29) is 11.8 Å². The first-order valence-corrected chi connectivity index (χ1v) is 9.79. The van der Waals surface area contributed by atoms with Crippen LogP contribution in [0.2, 0.25) is 0 Å². The summed E-state index contributed by atoms with van der Waals surface area (Å²) in [5.41, 5.74) is 4.94. The minimum absolute atomic E-state index is 0.0174. The van der Waals surface area contributed by atoms with E-state index in [1.807, 2.05) is 60.7 Å². The van der Waals surface area contributed by atoms with Crippen LogP contribution in [0, 0.1) is 0 Å². The Balaban J connectivity index is 1.62. The van der Waals surface area contributed by atoms with Gasteiger partial charge < -0.3 is 14.8 Å². The molecule has 0 atom stereocenters. The first-order chi connectivity index (χ1) is 14.8. The number of hydrogen-bond acceptors (Lipinski definition) is 4. The van der Waals surface area contributed by atoms with Crippen molar-refractivity contribution in [1.29, 1.82) is 0 Å². The molecular weight excluding hydrogens is 390 g/mol. The molecule has 1 N–H and O–H groups in total. The van der Waals surface area contributed by atoms with Gasteiger partial charge in [-0.2, -0.15) is 0 Å². The van der Waals surface area contributed by atoms with Crippen molar-refractivity contribution >= 4 is 47.0 Å². The molecule has 31 heavy (non-hydrogen) atoms. The molecule has 0 unspecified atom stereocenters. The van der Waals surface area contributed by atoms with Crippen molar-refractivity contribution in [2.45, 2.75) is 13.8 Å². The Hall–Kier alpha value is -4.00.